The highest BCUT2D eigenvalue weighted by Crippen LogP contribution is 2.30. The lowest BCUT2D eigenvalue weighted by Crippen LogP contribution is -2.39. The van der Waals surface area contributed by atoms with Crippen LogP contribution >= 0.6 is 11.8 Å². The Kier molecular flexibility index (Phi) is 6.21. The molecule has 8 nitrogen and oxygen atoms in total. The Bertz CT molecular complexity index is 1220. The fraction of sp³-hybridized carbons (Fsp3) is 0.292. The molecule has 5 rings (SSSR count). The number of likely N-dealkylation sites (tertiary alicyclic amines) is 1. The van der Waals surface area contributed by atoms with Crippen molar-refractivity contribution in [2.75, 3.05) is 18.8 Å². The van der Waals surface area contributed by atoms with E-state index in [2.05, 4.69) is 20.3 Å². The smallest absolute Gasteiger partial charge is 0.233 e. The largest absolute Gasteiger partial charge is 0.342 e. The topological polar surface area (TPSA) is 89.9 Å². The number of amides is 1. The van der Waals surface area contributed by atoms with Crippen molar-refractivity contribution < 1.29 is 9.32 Å². The van der Waals surface area contributed by atoms with Crippen molar-refractivity contribution in [3.05, 3.63) is 72.4 Å². The number of aromatic nitrogens is 5. The molecular weight excluding hydrogens is 436 g/mol. The molecule has 1 saturated heterocycles. The lowest BCUT2D eigenvalue weighted by molar-refractivity contribution is -0.129. The number of rotatable bonds is 6. The summed E-state index contributed by atoms with van der Waals surface area (Å²) >= 11 is 1.42. The molecule has 0 bridgehead atoms. The van der Waals surface area contributed by atoms with Crippen molar-refractivity contribution in [1.82, 2.24) is 29.8 Å². The number of hydrogen-bond acceptors (Lipinski definition) is 7. The SMILES string of the molecule is Cc1noc(C2CCN(C(=O)CSc3nnc(-c4ccccc4)n3-c3ccccc3)CC2)n1. The zero-order chi connectivity index (χ0) is 22.6. The molecule has 1 amide bonds. The number of benzene rings is 2. The molecule has 0 spiro atoms. The monoisotopic (exact) mass is 460 g/mol. The molecule has 3 heterocycles. The maximum Gasteiger partial charge on any atom is 0.233 e. The van der Waals surface area contributed by atoms with E-state index in [4.69, 9.17) is 4.52 Å². The molecule has 1 aliphatic rings. The number of nitrogens with zero attached hydrogens (tertiary/aromatic N) is 6. The summed E-state index contributed by atoms with van der Waals surface area (Å²) in [4.78, 5) is 19.2. The molecule has 168 valence electrons. The lowest BCUT2D eigenvalue weighted by Gasteiger charge is -2.30. The van der Waals surface area contributed by atoms with Gasteiger partial charge in [0.15, 0.2) is 16.8 Å². The van der Waals surface area contributed by atoms with E-state index in [9.17, 15) is 4.79 Å². The van der Waals surface area contributed by atoms with Crippen LogP contribution < -0.4 is 0 Å². The second-order valence-corrected chi connectivity index (χ2v) is 8.91. The fourth-order valence-electron chi connectivity index (χ4n) is 4.02. The van der Waals surface area contributed by atoms with Crippen LogP contribution in [-0.2, 0) is 4.79 Å². The van der Waals surface area contributed by atoms with Crippen LogP contribution in [0.1, 0.15) is 30.5 Å². The number of thioether (sulfide) groups is 1. The molecule has 4 aromatic rings. The van der Waals surface area contributed by atoms with Gasteiger partial charge in [0, 0.05) is 30.3 Å². The standard InChI is InChI=1S/C24H24N6O2S/c1-17-25-23(32-28-17)19-12-14-29(15-13-19)21(31)16-33-24-27-26-22(18-8-4-2-5-9-18)30(24)20-10-6-3-7-11-20/h2-11,19H,12-16H2,1H3. The summed E-state index contributed by atoms with van der Waals surface area (Å²) in [5.74, 6) is 2.72. The molecule has 1 fully saturated rings. The highest BCUT2D eigenvalue weighted by molar-refractivity contribution is 7.99. The van der Waals surface area contributed by atoms with Gasteiger partial charge >= 0.3 is 0 Å². The second-order valence-electron chi connectivity index (χ2n) is 7.97. The number of carbonyl (C=O) groups is 1. The highest BCUT2D eigenvalue weighted by atomic mass is 32.2. The normalized spacial score (nSPS) is 14.5. The van der Waals surface area contributed by atoms with Gasteiger partial charge in [-0.15, -0.1) is 10.2 Å². The first-order valence-electron chi connectivity index (χ1n) is 11.0. The number of hydrogen-bond donors (Lipinski definition) is 0. The molecule has 33 heavy (non-hydrogen) atoms. The molecule has 9 heteroatoms. The molecule has 0 saturated carbocycles. The molecule has 1 aliphatic heterocycles. The van der Waals surface area contributed by atoms with Gasteiger partial charge in [-0.05, 0) is 31.9 Å². The summed E-state index contributed by atoms with van der Waals surface area (Å²) in [5, 5.41) is 13.4. The van der Waals surface area contributed by atoms with Gasteiger partial charge < -0.3 is 9.42 Å². The zero-order valence-electron chi connectivity index (χ0n) is 18.3. The van der Waals surface area contributed by atoms with E-state index in [0.717, 1.165) is 29.9 Å². The van der Waals surface area contributed by atoms with E-state index in [-0.39, 0.29) is 11.8 Å². The van der Waals surface area contributed by atoms with Gasteiger partial charge in [0.05, 0.1) is 5.75 Å². The van der Waals surface area contributed by atoms with Crippen LogP contribution in [0.25, 0.3) is 17.1 Å². The summed E-state index contributed by atoms with van der Waals surface area (Å²) < 4.78 is 7.32. The number of aryl methyl sites for hydroxylation is 1. The Labute approximate surface area is 196 Å². The summed E-state index contributed by atoms with van der Waals surface area (Å²) in [6.07, 6.45) is 1.66. The van der Waals surface area contributed by atoms with Crippen molar-refractivity contribution in [2.45, 2.75) is 30.8 Å². The predicted octanol–water partition coefficient (Wildman–Crippen LogP) is 4.12. The Morgan fingerprint density at radius 1 is 1.03 bits per heavy atom. The Morgan fingerprint density at radius 2 is 1.73 bits per heavy atom. The minimum atomic E-state index is 0.101. The molecule has 0 unspecified atom stereocenters. The van der Waals surface area contributed by atoms with E-state index in [1.807, 2.05) is 77.1 Å². The van der Waals surface area contributed by atoms with E-state index in [1.165, 1.54) is 11.8 Å². The van der Waals surface area contributed by atoms with Gasteiger partial charge in [-0.2, -0.15) is 4.98 Å². The first-order valence-corrected chi connectivity index (χ1v) is 11.9. The summed E-state index contributed by atoms with van der Waals surface area (Å²) in [6.45, 7) is 3.19. The predicted molar refractivity (Wildman–Crippen MR) is 125 cm³/mol. The van der Waals surface area contributed by atoms with Crippen LogP contribution in [-0.4, -0.2) is 54.6 Å². The van der Waals surface area contributed by atoms with Crippen LogP contribution in [0.3, 0.4) is 0 Å². The van der Waals surface area contributed by atoms with Crippen LogP contribution in [0, 0.1) is 6.92 Å². The van der Waals surface area contributed by atoms with Gasteiger partial charge in [0.1, 0.15) is 0 Å². The first-order chi connectivity index (χ1) is 16.2. The van der Waals surface area contributed by atoms with Gasteiger partial charge in [0.25, 0.3) is 0 Å². The number of carbonyl (C=O) groups excluding carboxylic acids is 1. The van der Waals surface area contributed by atoms with Crippen LogP contribution in [0.2, 0.25) is 0 Å². The van der Waals surface area contributed by atoms with Crippen molar-refractivity contribution in [1.29, 1.82) is 0 Å². The third-order valence-electron chi connectivity index (χ3n) is 5.74. The summed E-state index contributed by atoms with van der Waals surface area (Å²) in [6, 6.07) is 19.9. The maximum absolute atomic E-state index is 12.9. The van der Waals surface area contributed by atoms with E-state index >= 15 is 0 Å². The molecular formula is C24H24N6O2S. The van der Waals surface area contributed by atoms with Crippen molar-refractivity contribution in [3.8, 4) is 17.1 Å². The summed E-state index contributed by atoms with van der Waals surface area (Å²) in [7, 11) is 0. The van der Waals surface area contributed by atoms with Gasteiger partial charge in [-0.1, -0.05) is 65.4 Å². The summed E-state index contributed by atoms with van der Waals surface area (Å²) in [5.41, 5.74) is 1.94. The number of piperidine rings is 1. The third-order valence-corrected chi connectivity index (χ3v) is 6.66. The van der Waals surface area contributed by atoms with E-state index in [1.54, 1.807) is 0 Å². The average molecular weight is 461 g/mol. The van der Waals surface area contributed by atoms with Gasteiger partial charge in [-0.3, -0.25) is 9.36 Å². The lowest BCUT2D eigenvalue weighted by atomic mass is 9.97. The Morgan fingerprint density at radius 3 is 2.39 bits per heavy atom. The maximum atomic E-state index is 12.9. The minimum absolute atomic E-state index is 0.101. The molecule has 0 radical (unpaired) electrons. The van der Waals surface area contributed by atoms with Crippen molar-refractivity contribution in [2.24, 2.45) is 0 Å². The minimum Gasteiger partial charge on any atom is -0.342 e. The van der Waals surface area contributed by atoms with Gasteiger partial charge in [-0.25, -0.2) is 0 Å². The fourth-order valence-corrected chi connectivity index (χ4v) is 4.87. The molecule has 2 aromatic heterocycles. The third kappa shape index (κ3) is 4.68. The average Bonchev–Trinajstić information content (AvgIpc) is 3.50. The van der Waals surface area contributed by atoms with Crippen LogP contribution in [0.4, 0.5) is 0 Å². The van der Waals surface area contributed by atoms with Crippen molar-refractivity contribution >= 4 is 17.7 Å². The molecule has 0 atom stereocenters. The van der Waals surface area contributed by atoms with Gasteiger partial charge in [0.2, 0.25) is 11.8 Å². The highest BCUT2D eigenvalue weighted by Gasteiger charge is 2.27. The van der Waals surface area contributed by atoms with Crippen LogP contribution in [0.15, 0.2) is 70.3 Å². The zero-order valence-corrected chi connectivity index (χ0v) is 19.1. The quantitative estimate of drug-likeness (QED) is 0.400. The van der Waals surface area contributed by atoms with E-state index < -0.39 is 0 Å². The first kappa shape index (κ1) is 21.4. The molecule has 0 N–H and O–H groups in total. The van der Waals surface area contributed by atoms with Crippen molar-refractivity contribution in [3.63, 3.8) is 0 Å². The number of para-hydroxylation sites is 1. The molecule has 0 aliphatic carbocycles. The van der Waals surface area contributed by atoms with Crippen LogP contribution in [0.5, 0.6) is 0 Å². The second kappa shape index (κ2) is 9.58. The van der Waals surface area contributed by atoms with E-state index in [0.29, 0.717) is 35.7 Å². The Balaban J connectivity index is 1.28. The molecule has 2 aromatic carbocycles. The Hall–Kier alpha value is -3.46.